The summed E-state index contributed by atoms with van der Waals surface area (Å²) in [6.45, 7) is 6.72. The molecule has 0 saturated heterocycles. The number of nitrogens with one attached hydrogen (secondary N) is 1. The maximum Gasteiger partial charge on any atom is 0.124 e. The van der Waals surface area contributed by atoms with Gasteiger partial charge in [-0.05, 0) is 81.8 Å². The van der Waals surface area contributed by atoms with Gasteiger partial charge in [0.25, 0.3) is 0 Å². The van der Waals surface area contributed by atoms with Gasteiger partial charge in [0.1, 0.15) is 11.2 Å². The number of fused-ring (bicyclic) bond motifs is 3. The van der Waals surface area contributed by atoms with Gasteiger partial charge in [0.2, 0.25) is 0 Å². The Kier molecular flexibility index (Phi) is 5.69. The number of aromatic nitrogens is 3. The van der Waals surface area contributed by atoms with Crippen LogP contribution >= 0.6 is 0 Å². The Morgan fingerprint density at radius 1 is 0.659 bits per heavy atom. The van der Waals surface area contributed by atoms with Gasteiger partial charge in [0.15, 0.2) is 0 Å². The quantitative estimate of drug-likeness (QED) is 0.238. The summed E-state index contributed by atoms with van der Waals surface area (Å²) in [6, 6.07) is 39.2. The van der Waals surface area contributed by atoms with Crippen LogP contribution in [0.1, 0.15) is 48.8 Å². The Morgan fingerprint density at radius 2 is 1.29 bits per heavy atom. The number of pyridine rings is 2. The van der Waals surface area contributed by atoms with E-state index in [1.807, 2.05) is 42.6 Å². The predicted molar refractivity (Wildman–Crippen MR) is 165 cm³/mol. The highest BCUT2D eigenvalue weighted by Crippen LogP contribution is 2.55. The van der Waals surface area contributed by atoms with E-state index in [9.17, 15) is 5.11 Å². The van der Waals surface area contributed by atoms with E-state index in [0.29, 0.717) is 5.56 Å². The highest BCUT2D eigenvalue weighted by atomic mass is 16.3. The summed E-state index contributed by atoms with van der Waals surface area (Å²) in [7, 11) is 0. The SMILES string of the molecule is CC(C)(C)c1ccnc(C2(c3ccc(-c4cccc(-c5ccccc5O)n4)[nH]3)c3ccccc3-c3ccccc32)c1. The number of phenols is 1. The number of aromatic amines is 1. The van der Waals surface area contributed by atoms with E-state index < -0.39 is 5.41 Å². The zero-order valence-electron chi connectivity index (χ0n) is 23.4. The molecular formula is C37H31N3O. The van der Waals surface area contributed by atoms with Gasteiger partial charge in [-0.25, -0.2) is 4.98 Å². The Morgan fingerprint density at radius 3 is 1.98 bits per heavy atom. The highest BCUT2D eigenvalue weighted by Gasteiger charge is 2.48. The second-order valence-electron chi connectivity index (χ2n) is 11.7. The third kappa shape index (κ3) is 3.90. The average Bonchev–Trinajstić information content (AvgIpc) is 3.60. The summed E-state index contributed by atoms with van der Waals surface area (Å²) in [5.74, 6) is 0.215. The van der Waals surface area contributed by atoms with Gasteiger partial charge >= 0.3 is 0 Å². The second-order valence-corrected chi connectivity index (χ2v) is 11.7. The van der Waals surface area contributed by atoms with E-state index in [4.69, 9.17) is 9.97 Å². The van der Waals surface area contributed by atoms with Gasteiger partial charge in [-0.2, -0.15) is 0 Å². The first kappa shape index (κ1) is 25.0. The predicted octanol–water partition coefficient (Wildman–Crippen LogP) is 8.50. The van der Waals surface area contributed by atoms with Crippen LogP contribution in [-0.4, -0.2) is 20.1 Å². The van der Waals surface area contributed by atoms with Gasteiger partial charge in [-0.1, -0.05) is 87.5 Å². The molecule has 0 bridgehead atoms. The molecule has 2 N–H and O–H groups in total. The molecule has 1 aliphatic rings. The van der Waals surface area contributed by atoms with Crippen LogP contribution in [-0.2, 0) is 10.8 Å². The summed E-state index contributed by atoms with van der Waals surface area (Å²) in [4.78, 5) is 13.8. The summed E-state index contributed by atoms with van der Waals surface area (Å²) >= 11 is 0. The van der Waals surface area contributed by atoms with Crippen molar-refractivity contribution in [3.05, 3.63) is 150 Å². The molecule has 0 radical (unpaired) electrons. The van der Waals surface area contributed by atoms with Crippen LogP contribution < -0.4 is 0 Å². The van der Waals surface area contributed by atoms with Crippen molar-refractivity contribution in [1.29, 1.82) is 0 Å². The lowest BCUT2D eigenvalue weighted by Gasteiger charge is -2.32. The number of hydrogen-bond acceptors (Lipinski definition) is 3. The Labute approximate surface area is 240 Å². The minimum atomic E-state index is -0.623. The summed E-state index contributed by atoms with van der Waals surface area (Å²) < 4.78 is 0. The third-order valence-electron chi connectivity index (χ3n) is 8.26. The van der Waals surface area contributed by atoms with Crippen molar-refractivity contribution in [2.45, 2.75) is 31.6 Å². The fourth-order valence-electron chi connectivity index (χ4n) is 6.23. The first-order chi connectivity index (χ1) is 19.9. The smallest absolute Gasteiger partial charge is 0.124 e. The van der Waals surface area contributed by atoms with Crippen molar-refractivity contribution in [2.24, 2.45) is 0 Å². The van der Waals surface area contributed by atoms with Crippen LogP contribution in [0.25, 0.3) is 33.8 Å². The van der Waals surface area contributed by atoms with E-state index in [2.05, 4.69) is 98.6 Å². The van der Waals surface area contributed by atoms with Crippen molar-refractivity contribution < 1.29 is 5.11 Å². The molecular weight excluding hydrogens is 502 g/mol. The normalized spacial score (nSPS) is 13.5. The number of hydrogen-bond donors (Lipinski definition) is 2. The van der Waals surface area contributed by atoms with Crippen molar-refractivity contribution in [1.82, 2.24) is 15.0 Å². The molecule has 6 aromatic rings. The van der Waals surface area contributed by atoms with Crippen molar-refractivity contribution in [2.75, 3.05) is 0 Å². The standard InChI is InChI=1S/C37H31N3O/c1-36(2,3)24-21-22-38-35(23-24)37(28-14-7-4-11-25(28)26-12-5-8-15-29(26)37)34-20-19-32(40-34)31-17-10-16-30(39-31)27-13-6-9-18-33(27)41/h4-23,40-41H,1-3H3. The number of rotatable bonds is 4. The molecule has 4 heteroatoms. The molecule has 0 atom stereocenters. The minimum absolute atomic E-state index is 0.0230. The molecule has 4 nitrogen and oxygen atoms in total. The number of para-hydroxylation sites is 1. The molecule has 0 saturated carbocycles. The van der Waals surface area contributed by atoms with Gasteiger partial charge in [0.05, 0.1) is 22.8 Å². The molecule has 0 unspecified atom stereocenters. The topological polar surface area (TPSA) is 61.8 Å². The number of phenolic OH excluding ortho intramolecular Hbond substituents is 1. The lowest BCUT2D eigenvalue weighted by molar-refractivity contribution is 0.477. The van der Waals surface area contributed by atoms with Crippen LogP contribution in [0, 0.1) is 0 Å². The molecule has 3 aromatic heterocycles. The van der Waals surface area contributed by atoms with E-state index in [1.54, 1.807) is 6.07 Å². The molecule has 0 aliphatic heterocycles. The lowest BCUT2D eigenvalue weighted by Crippen LogP contribution is -2.31. The number of benzene rings is 3. The Bertz CT molecular complexity index is 1860. The van der Waals surface area contributed by atoms with Crippen molar-refractivity contribution in [3.63, 3.8) is 0 Å². The van der Waals surface area contributed by atoms with Crippen LogP contribution in [0.4, 0.5) is 0 Å². The fourth-order valence-corrected chi connectivity index (χ4v) is 6.23. The number of H-pyrrole nitrogens is 1. The van der Waals surface area contributed by atoms with E-state index >= 15 is 0 Å². The zero-order valence-corrected chi connectivity index (χ0v) is 23.4. The summed E-state index contributed by atoms with van der Waals surface area (Å²) in [5, 5.41) is 10.4. The summed E-state index contributed by atoms with van der Waals surface area (Å²) in [6.07, 6.45) is 1.95. The molecule has 7 rings (SSSR count). The fraction of sp³-hybridized carbons (Fsp3) is 0.135. The molecule has 3 aromatic carbocycles. The molecule has 0 spiro atoms. The van der Waals surface area contributed by atoms with Gasteiger partial charge in [0, 0.05) is 17.5 Å². The summed E-state index contributed by atoms with van der Waals surface area (Å²) in [5.41, 5.74) is 10.7. The van der Waals surface area contributed by atoms with E-state index in [0.717, 1.165) is 28.5 Å². The van der Waals surface area contributed by atoms with E-state index in [-0.39, 0.29) is 11.2 Å². The minimum Gasteiger partial charge on any atom is -0.507 e. The van der Waals surface area contributed by atoms with Gasteiger partial charge in [-0.15, -0.1) is 0 Å². The maximum atomic E-state index is 10.4. The van der Waals surface area contributed by atoms with Crippen LogP contribution in [0.3, 0.4) is 0 Å². The zero-order chi connectivity index (χ0) is 28.2. The molecule has 1 aliphatic carbocycles. The van der Waals surface area contributed by atoms with Crippen LogP contribution in [0.15, 0.2) is 121 Å². The van der Waals surface area contributed by atoms with Crippen molar-refractivity contribution in [3.8, 4) is 39.5 Å². The molecule has 0 amide bonds. The van der Waals surface area contributed by atoms with Gasteiger partial charge in [-0.3, -0.25) is 4.98 Å². The largest absolute Gasteiger partial charge is 0.507 e. The van der Waals surface area contributed by atoms with Gasteiger partial charge < -0.3 is 10.1 Å². The first-order valence-electron chi connectivity index (χ1n) is 14.0. The average molecular weight is 534 g/mol. The molecule has 200 valence electrons. The van der Waals surface area contributed by atoms with E-state index in [1.165, 1.54) is 27.8 Å². The Balaban J connectivity index is 1.46. The van der Waals surface area contributed by atoms with Crippen LogP contribution in [0.2, 0.25) is 0 Å². The monoisotopic (exact) mass is 533 g/mol. The second kappa shape index (κ2) is 9.31. The molecule has 41 heavy (non-hydrogen) atoms. The number of nitrogens with zero attached hydrogens (tertiary/aromatic N) is 2. The third-order valence-corrected chi connectivity index (χ3v) is 8.26. The van der Waals surface area contributed by atoms with Crippen LogP contribution in [0.5, 0.6) is 5.75 Å². The highest BCUT2D eigenvalue weighted by molar-refractivity contribution is 5.85. The first-order valence-corrected chi connectivity index (χ1v) is 14.0. The maximum absolute atomic E-state index is 10.4. The molecule has 0 fully saturated rings. The number of aromatic hydroxyl groups is 1. The van der Waals surface area contributed by atoms with Crippen molar-refractivity contribution >= 4 is 0 Å². The Hall–Kier alpha value is -4.96. The molecule has 3 heterocycles. The lowest BCUT2D eigenvalue weighted by atomic mass is 9.71.